The molecule has 0 radical (unpaired) electrons. The van der Waals surface area contributed by atoms with Gasteiger partial charge in [-0.2, -0.15) is 0 Å². The molecule has 21 heavy (non-hydrogen) atoms. The van der Waals surface area contributed by atoms with Crippen LogP contribution in [0.5, 0.6) is 0 Å². The van der Waals surface area contributed by atoms with Crippen LogP contribution >= 0.6 is 0 Å². The van der Waals surface area contributed by atoms with E-state index in [1.54, 1.807) is 6.26 Å². The number of hydrogen-bond acceptors (Lipinski definition) is 2. The summed E-state index contributed by atoms with van der Waals surface area (Å²) in [5.74, 6) is 0.929. The molecule has 1 heterocycles. The maximum atomic E-state index is 12.0. The van der Waals surface area contributed by atoms with Crippen molar-refractivity contribution in [3.05, 3.63) is 72.2 Å². The Hall–Kier alpha value is -2.55. The van der Waals surface area contributed by atoms with Gasteiger partial charge in [0.25, 0.3) is 0 Å². The summed E-state index contributed by atoms with van der Waals surface area (Å²) in [6.07, 6.45) is 2.76. The third kappa shape index (κ3) is 3.31. The summed E-state index contributed by atoms with van der Waals surface area (Å²) in [5.41, 5.74) is 1.06. The van der Waals surface area contributed by atoms with Crippen molar-refractivity contribution in [2.75, 3.05) is 6.54 Å². The molecule has 0 saturated carbocycles. The number of benzene rings is 2. The average Bonchev–Trinajstić information content (AvgIpc) is 3.01. The van der Waals surface area contributed by atoms with Gasteiger partial charge in [-0.15, -0.1) is 0 Å². The van der Waals surface area contributed by atoms with Gasteiger partial charge < -0.3 is 9.73 Å². The Kier molecular flexibility index (Phi) is 4.01. The molecule has 0 aliphatic heterocycles. The van der Waals surface area contributed by atoms with E-state index in [4.69, 9.17) is 4.42 Å². The van der Waals surface area contributed by atoms with Gasteiger partial charge in [-0.05, 0) is 28.5 Å². The van der Waals surface area contributed by atoms with Gasteiger partial charge in [0.2, 0.25) is 5.91 Å². The van der Waals surface area contributed by atoms with Crippen LogP contribution in [0.15, 0.2) is 65.3 Å². The van der Waals surface area contributed by atoms with Crippen LogP contribution < -0.4 is 5.32 Å². The van der Waals surface area contributed by atoms with E-state index >= 15 is 0 Å². The quantitative estimate of drug-likeness (QED) is 0.778. The van der Waals surface area contributed by atoms with Crippen LogP contribution in [0.2, 0.25) is 0 Å². The highest BCUT2D eigenvalue weighted by Gasteiger charge is 2.06. The van der Waals surface area contributed by atoms with Crippen LogP contribution in [0, 0.1) is 0 Å². The lowest BCUT2D eigenvalue weighted by molar-refractivity contribution is -0.120. The first-order chi connectivity index (χ1) is 10.3. The average molecular weight is 279 g/mol. The van der Waals surface area contributed by atoms with Crippen LogP contribution in [0.3, 0.4) is 0 Å². The summed E-state index contributed by atoms with van der Waals surface area (Å²) >= 11 is 0. The summed E-state index contributed by atoms with van der Waals surface area (Å²) in [4.78, 5) is 12.0. The van der Waals surface area contributed by atoms with Crippen LogP contribution in [0.1, 0.15) is 11.3 Å². The lowest BCUT2D eigenvalue weighted by atomic mass is 10.0. The molecule has 0 aliphatic rings. The zero-order valence-corrected chi connectivity index (χ0v) is 11.7. The van der Waals surface area contributed by atoms with E-state index in [2.05, 4.69) is 23.5 Å². The van der Waals surface area contributed by atoms with Crippen LogP contribution in [-0.2, 0) is 17.6 Å². The molecule has 3 aromatic rings. The first-order valence-electron chi connectivity index (χ1n) is 7.08. The van der Waals surface area contributed by atoms with Crippen molar-refractivity contribution >= 4 is 16.7 Å². The second-order valence-corrected chi connectivity index (χ2v) is 4.99. The standard InChI is InChI=1S/C18H17NO2/c20-18(19-11-10-16-8-4-12-21-16)13-15-7-3-6-14-5-1-2-9-17(14)15/h1-9,12H,10-11,13H2,(H,19,20). The predicted octanol–water partition coefficient (Wildman–Crippen LogP) is 3.33. The van der Waals surface area contributed by atoms with E-state index < -0.39 is 0 Å². The fourth-order valence-electron chi connectivity index (χ4n) is 2.46. The normalized spacial score (nSPS) is 10.7. The number of amides is 1. The van der Waals surface area contributed by atoms with Crippen molar-refractivity contribution in [3.63, 3.8) is 0 Å². The second kappa shape index (κ2) is 6.27. The number of hydrogen-bond donors (Lipinski definition) is 1. The highest BCUT2D eigenvalue weighted by molar-refractivity contribution is 5.90. The van der Waals surface area contributed by atoms with Gasteiger partial charge in [-0.1, -0.05) is 42.5 Å². The highest BCUT2D eigenvalue weighted by Crippen LogP contribution is 2.18. The Morgan fingerprint density at radius 2 is 1.86 bits per heavy atom. The molecule has 0 fully saturated rings. The Bertz CT molecular complexity index is 727. The fraction of sp³-hybridized carbons (Fsp3) is 0.167. The van der Waals surface area contributed by atoms with Crippen LogP contribution in [-0.4, -0.2) is 12.5 Å². The molecule has 2 aromatic carbocycles. The lowest BCUT2D eigenvalue weighted by Crippen LogP contribution is -2.27. The number of carbonyl (C=O) groups is 1. The minimum atomic E-state index is 0.0397. The Morgan fingerprint density at radius 1 is 1.00 bits per heavy atom. The Labute approximate surface area is 123 Å². The molecular weight excluding hydrogens is 262 g/mol. The number of nitrogens with one attached hydrogen (secondary N) is 1. The van der Waals surface area contributed by atoms with E-state index in [-0.39, 0.29) is 5.91 Å². The maximum Gasteiger partial charge on any atom is 0.224 e. The second-order valence-electron chi connectivity index (χ2n) is 4.99. The molecule has 0 unspecified atom stereocenters. The number of carbonyl (C=O) groups excluding carboxylic acids is 1. The Balaban J connectivity index is 1.61. The van der Waals surface area contributed by atoms with E-state index in [1.165, 1.54) is 5.39 Å². The molecule has 0 aliphatic carbocycles. The molecule has 0 atom stereocenters. The van der Waals surface area contributed by atoms with Gasteiger partial charge >= 0.3 is 0 Å². The van der Waals surface area contributed by atoms with Crippen LogP contribution in [0.25, 0.3) is 10.8 Å². The smallest absolute Gasteiger partial charge is 0.224 e. The SMILES string of the molecule is O=C(Cc1cccc2ccccc12)NCCc1ccco1. The minimum Gasteiger partial charge on any atom is -0.469 e. The monoisotopic (exact) mass is 279 g/mol. The molecule has 1 aromatic heterocycles. The van der Waals surface area contributed by atoms with Crippen molar-refractivity contribution in [1.82, 2.24) is 5.32 Å². The van der Waals surface area contributed by atoms with Gasteiger partial charge in [0.15, 0.2) is 0 Å². The fourth-order valence-corrected chi connectivity index (χ4v) is 2.46. The van der Waals surface area contributed by atoms with Gasteiger partial charge in [0.1, 0.15) is 5.76 Å². The van der Waals surface area contributed by atoms with E-state index in [0.29, 0.717) is 19.4 Å². The van der Waals surface area contributed by atoms with Crippen molar-refractivity contribution < 1.29 is 9.21 Å². The van der Waals surface area contributed by atoms with Gasteiger partial charge in [0.05, 0.1) is 12.7 Å². The highest BCUT2D eigenvalue weighted by atomic mass is 16.3. The topological polar surface area (TPSA) is 42.2 Å². The summed E-state index contributed by atoms with van der Waals surface area (Å²) in [7, 11) is 0. The van der Waals surface area contributed by atoms with E-state index in [0.717, 1.165) is 16.7 Å². The summed E-state index contributed by atoms with van der Waals surface area (Å²) in [6.45, 7) is 0.594. The van der Waals surface area contributed by atoms with Crippen molar-refractivity contribution in [2.45, 2.75) is 12.8 Å². The predicted molar refractivity (Wildman–Crippen MR) is 83.1 cm³/mol. The number of rotatable bonds is 5. The zero-order chi connectivity index (χ0) is 14.5. The summed E-state index contributed by atoms with van der Waals surface area (Å²) < 4.78 is 5.24. The van der Waals surface area contributed by atoms with Gasteiger partial charge in [-0.3, -0.25) is 4.79 Å². The molecule has 0 bridgehead atoms. The molecule has 0 saturated heterocycles. The molecule has 1 N–H and O–H groups in total. The number of fused-ring (bicyclic) bond motifs is 1. The molecule has 3 rings (SSSR count). The lowest BCUT2D eigenvalue weighted by Gasteiger charge is -2.07. The van der Waals surface area contributed by atoms with Gasteiger partial charge in [-0.25, -0.2) is 0 Å². The van der Waals surface area contributed by atoms with E-state index in [1.807, 2.05) is 36.4 Å². The summed E-state index contributed by atoms with van der Waals surface area (Å²) in [5, 5.41) is 5.24. The maximum absolute atomic E-state index is 12.0. The molecule has 0 spiro atoms. The molecule has 1 amide bonds. The van der Waals surface area contributed by atoms with Gasteiger partial charge in [0, 0.05) is 13.0 Å². The van der Waals surface area contributed by atoms with Crippen LogP contribution in [0.4, 0.5) is 0 Å². The van der Waals surface area contributed by atoms with Crippen molar-refractivity contribution in [2.24, 2.45) is 0 Å². The van der Waals surface area contributed by atoms with E-state index in [9.17, 15) is 4.79 Å². The molecule has 3 nitrogen and oxygen atoms in total. The zero-order valence-electron chi connectivity index (χ0n) is 11.7. The minimum absolute atomic E-state index is 0.0397. The van der Waals surface area contributed by atoms with Crippen molar-refractivity contribution in [1.29, 1.82) is 0 Å². The largest absolute Gasteiger partial charge is 0.469 e. The Morgan fingerprint density at radius 3 is 2.71 bits per heavy atom. The van der Waals surface area contributed by atoms with Crippen molar-refractivity contribution in [3.8, 4) is 0 Å². The first-order valence-corrected chi connectivity index (χ1v) is 7.08. The summed E-state index contributed by atoms with van der Waals surface area (Å²) in [6, 6.07) is 18.0. The third-order valence-electron chi connectivity index (χ3n) is 3.50. The molecule has 3 heteroatoms. The molecular formula is C18H17NO2. The third-order valence-corrected chi connectivity index (χ3v) is 3.50. The first kappa shape index (κ1) is 13.4. The molecule has 106 valence electrons. The number of furan rings is 1.